The van der Waals surface area contributed by atoms with Gasteiger partial charge in [-0.05, 0) is 31.4 Å². The molecule has 0 aliphatic carbocycles. The van der Waals surface area contributed by atoms with E-state index in [1.54, 1.807) is 0 Å². The number of benzene rings is 1. The quantitative estimate of drug-likeness (QED) is 0.864. The molecule has 1 unspecified atom stereocenters. The van der Waals surface area contributed by atoms with E-state index in [2.05, 4.69) is 56.2 Å². The van der Waals surface area contributed by atoms with Gasteiger partial charge in [0, 0.05) is 38.5 Å². The van der Waals surface area contributed by atoms with Crippen LogP contribution >= 0.6 is 0 Å². The summed E-state index contributed by atoms with van der Waals surface area (Å²) in [4.78, 5) is 2.34. The first-order valence-electron chi connectivity index (χ1n) is 7.72. The van der Waals surface area contributed by atoms with Crippen LogP contribution in [-0.2, 0) is 11.3 Å². The molecule has 0 bridgehead atoms. The molecule has 1 fully saturated rings. The predicted octanol–water partition coefficient (Wildman–Crippen LogP) is 3.11. The molecule has 1 heterocycles. The summed E-state index contributed by atoms with van der Waals surface area (Å²) in [5.41, 5.74) is 4.01. The van der Waals surface area contributed by atoms with Crippen molar-refractivity contribution < 1.29 is 4.74 Å². The Morgan fingerprint density at radius 2 is 2.20 bits per heavy atom. The van der Waals surface area contributed by atoms with Crippen LogP contribution in [0, 0.1) is 6.92 Å². The van der Waals surface area contributed by atoms with Crippen molar-refractivity contribution in [2.75, 3.05) is 25.1 Å². The number of ether oxygens (including phenoxy) is 1. The fourth-order valence-electron chi connectivity index (χ4n) is 2.73. The van der Waals surface area contributed by atoms with E-state index in [9.17, 15) is 0 Å². The van der Waals surface area contributed by atoms with Gasteiger partial charge in [0.05, 0.1) is 6.10 Å². The van der Waals surface area contributed by atoms with Crippen LogP contribution in [0.25, 0.3) is 0 Å². The third-order valence-corrected chi connectivity index (χ3v) is 3.85. The summed E-state index contributed by atoms with van der Waals surface area (Å²) in [5, 5.41) is 3.52. The van der Waals surface area contributed by atoms with E-state index in [4.69, 9.17) is 4.74 Å². The maximum absolute atomic E-state index is 5.75. The van der Waals surface area contributed by atoms with E-state index in [0.717, 1.165) is 19.7 Å². The predicted molar refractivity (Wildman–Crippen MR) is 85.4 cm³/mol. The fourth-order valence-corrected chi connectivity index (χ4v) is 2.73. The summed E-state index contributed by atoms with van der Waals surface area (Å²) in [7, 11) is 2.17. The number of hydrogen-bond acceptors (Lipinski definition) is 3. The molecule has 0 spiro atoms. The van der Waals surface area contributed by atoms with E-state index in [1.807, 2.05) is 0 Å². The molecule has 0 saturated carbocycles. The van der Waals surface area contributed by atoms with Gasteiger partial charge in [0.1, 0.15) is 0 Å². The topological polar surface area (TPSA) is 24.5 Å². The van der Waals surface area contributed by atoms with E-state index in [1.165, 1.54) is 29.7 Å². The molecule has 1 atom stereocenters. The second kappa shape index (κ2) is 7.09. The molecule has 1 aliphatic heterocycles. The lowest BCUT2D eigenvalue weighted by Gasteiger charge is -2.26. The van der Waals surface area contributed by atoms with E-state index < -0.39 is 0 Å². The fraction of sp³-hybridized carbons (Fsp3) is 0.647. The van der Waals surface area contributed by atoms with Gasteiger partial charge >= 0.3 is 0 Å². The highest BCUT2D eigenvalue weighted by atomic mass is 16.5. The van der Waals surface area contributed by atoms with Crippen LogP contribution in [0.4, 0.5) is 5.69 Å². The molecule has 112 valence electrons. The molecule has 1 aromatic rings. The van der Waals surface area contributed by atoms with Gasteiger partial charge in [-0.25, -0.2) is 0 Å². The number of hydrogen-bond donors (Lipinski definition) is 1. The van der Waals surface area contributed by atoms with E-state index in [0.29, 0.717) is 12.1 Å². The summed E-state index contributed by atoms with van der Waals surface area (Å²) < 4.78 is 5.75. The van der Waals surface area contributed by atoms with Gasteiger partial charge < -0.3 is 15.0 Å². The molecule has 1 N–H and O–H groups in total. The molecule has 3 nitrogen and oxygen atoms in total. The van der Waals surface area contributed by atoms with Crippen molar-refractivity contribution in [3.05, 3.63) is 29.3 Å². The summed E-state index contributed by atoms with van der Waals surface area (Å²) in [6, 6.07) is 7.23. The lowest BCUT2D eigenvalue weighted by atomic mass is 10.1. The lowest BCUT2D eigenvalue weighted by molar-refractivity contribution is 0.116. The summed E-state index contributed by atoms with van der Waals surface area (Å²) in [5.74, 6) is 0. The molecule has 2 rings (SSSR count). The maximum atomic E-state index is 5.75. The first-order valence-corrected chi connectivity index (χ1v) is 7.72. The maximum Gasteiger partial charge on any atom is 0.0750 e. The smallest absolute Gasteiger partial charge is 0.0750 e. The molecule has 0 amide bonds. The minimum Gasteiger partial charge on any atom is -0.376 e. The summed E-state index contributed by atoms with van der Waals surface area (Å²) in [6.07, 6.45) is 2.79. The van der Waals surface area contributed by atoms with Crippen molar-refractivity contribution >= 4 is 5.69 Å². The first kappa shape index (κ1) is 15.3. The summed E-state index contributed by atoms with van der Waals surface area (Å²) >= 11 is 0. The first-order chi connectivity index (χ1) is 9.56. The third kappa shape index (κ3) is 4.22. The number of nitrogens with one attached hydrogen (secondary N) is 1. The van der Waals surface area contributed by atoms with Gasteiger partial charge in [0.15, 0.2) is 0 Å². The van der Waals surface area contributed by atoms with Gasteiger partial charge in [-0.15, -0.1) is 0 Å². The highest BCUT2D eigenvalue weighted by Gasteiger charge is 2.18. The molecule has 20 heavy (non-hydrogen) atoms. The molecular weight excluding hydrogens is 248 g/mol. The van der Waals surface area contributed by atoms with Crippen molar-refractivity contribution in [2.24, 2.45) is 0 Å². The zero-order valence-electron chi connectivity index (χ0n) is 13.3. The standard InChI is InChI=1S/C17H28N2O/c1-13(2)18-11-15-10-14(3)7-8-17(15)19(4)12-16-6-5-9-20-16/h7-8,10,13,16,18H,5-6,9,11-12H2,1-4H3. The molecule has 1 aliphatic rings. The highest BCUT2D eigenvalue weighted by Crippen LogP contribution is 2.23. The lowest BCUT2D eigenvalue weighted by Crippen LogP contribution is -2.30. The van der Waals surface area contributed by atoms with Gasteiger partial charge in [-0.3, -0.25) is 0 Å². The second-order valence-electron chi connectivity index (χ2n) is 6.18. The normalized spacial score (nSPS) is 18.8. The van der Waals surface area contributed by atoms with Gasteiger partial charge in [-0.2, -0.15) is 0 Å². The minimum absolute atomic E-state index is 0.396. The van der Waals surface area contributed by atoms with Crippen LogP contribution in [0.2, 0.25) is 0 Å². The van der Waals surface area contributed by atoms with Crippen LogP contribution in [0.5, 0.6) is 0 Å². The molecule has 0 aromatic heterocycles. The van der Waals surface area contributed by atoms with Crippen molar-refractivity contribution in [1.82, 2.24) is 5.32 Å². The van der Waals surface area contributed by atoms with Crippen LogP contribution in [0.15, 0.2) is 18.2 Å². The van der Waals surface area contributed by atoms with Gasteiger partial charge in [-0.1, -0.05) is 31.5 Å². The summed E-state index contributed by atoms with van der Waals surface area (Å²) in [6.45, 7) is 9.36. The molecular formula is C17H28N2O. The minimum atomic E-state index is 0.396. The average Bonchev–Trinajstić information content (AvgIpc) is 2.89. The number of likely N-dealkylation sites (N-methyl/N-ethyl adjacent to an activating group) is 1. The largest absolute Gasteiger partial charge is 0.376 e. The van der Waals surface area contributed by atoms with Gasteiger partial charge in [0.2, 0.25) is 0 Å². The number of aryl methyl sites for hydroxylation is 1. The zero-order valence-corrected chi connectivity index (χ0v) is 13.3. The Balaban J connectivity index is 2.07. The average molecular weight is 276 g/mol. The van der Waals surface area contributed by atoms with Crippen LogP contribution in [-0.4, -0.2) is 32.3 Å². The Morgan fingerprint density at radius 3 is 2.85 bits per heavy atom. The van der Waals surface area contributed by atoms with Crippen LogP contribution in [0.1, 0.15) is 37.8 Å². The van der Waals surface area contributed by atoms with Crippen molar-refractivity contribution in [1.29, 1.82) is 0 Å². The Kier molecular flexibility index (Phi) is 5.44. The number of anilines is 1. The SMILES string of the molecule is Cc1ccc(N(C)CC2CCCO2)c(CNC(C)C)c1. The Morgan fingerprint density at radius 1 is 1.40 bits per heavy atom. The van der Waals surface area contributed by atoms with Crippen molar-refractivity contribution in [3.8, 4) is 0 Å². The monoisotopic (exact) mass is 276 g/mol. The molecule has 3 heteroatoms. The second-order valence-corrected chi connectivity index (χ2v) is 6.18. The van der Waals surface area contributed by atoms with Crippen LogP contribution < -0.4 is 10.2 Å². The molecule has 1 aromatic carbocycles. The van der Waals surface area contributed by atoms with Gasteiger partial charge in [0.25, 0.3) is 0 Å². The molecule has 0 radical (unpaired) electrons. The third-order valence-electron chi connectivity index (χ3n) is 3.85. The van der Waals surface area contributed by atoms with Crippen LogP contribution in [0.3, 0.4) is 0 Å². The Hall–Kier alpha value is -1.06. The molecule has 1 saturated heterocycles. The number of rotatable bonds is 6. The van der Waals surface area contributed by atoms with E-state index >= 15 is 0 Å². The number of nitrogens with zero attached hydrogens (tertiary/aromatic N) is 1. The van der Waals surface area contributed by atoms with Crippen molar-refractivity contribution in [2.45, 2.75) is 52.3 Å². The Labute approximate surface area is 123 Å². The van der Waals surface area contributed by atoms with E-state index in [-0.39, 0.29) is 0 Å². The van der Waals surface area contributed by atoms with Crippen molar-refractivity contribution in [3.63, 3.8) is 0 Å². The highest BCUT2D eigenvalue weighted by molar-refractivity contribution is 5.54. The zero-order chi connectivity index (χ0) is 14.5. The Bertz CT molecular complexity index is 425.